The monoisotopic (exact) mass is 390 g/mol. The highest BCUT2D eigenvalue weighted by molar-refractivity contribution is 5.77. The maximum absolute atomic E-state index is 12.5. The Morgan fingerprint density at radius 1 is 1.14 bits per heavy atom. The summed E-state index contributed by atoms with van der Waals surface area (Å²) in [6, 6.07) is 0.395. The number of hydrogen-bond acceptors (Lipinski definition) is 2. The van der Waals surface area contributed by atoms with E-state index < -0.39 is 0 Å². The highest BCUT2D eigenvalue weighted by Gasteiger charge is 2.33. The van der Waals surface area contributed by atoms with Crippen LogP contribution in [0.1, 0.15) is 86.5 Å². The van der Waals surface area contributed by atoms with E-state index in [-0.39, 0.29) is 17.2 Å². The number of rotatable bonds is 7. The number of carbonyl (C=O) groups excluding carboxylic acids is 2. The van der Waals surface area contributed by atoms with Gasteiger partial charge in [-0.05, 0) is 55.3 Å². The molecule has 0 spiro atoms. The Balaban J connectivity index is 1.94. The van der Waals surface area contributed by atoms with Crippen molar-refractivity contribution in [3.63, 3.8) is 0 Å². The fourth-order valence-corrected chi connectivity index (χ4v) is 4.86. The summed E-state index contributed by atoms with van der Waals surface area (Å²) < 4.78 is 0. The summed E-state index contributed by atoms with van der Waals surface area (Å²) in [5, 5.41) is 6.40. The third-order valence-electron chi connectivity index (χ3n) is 6.46. The predicted molar refractivity (Wildman–Crippen MR) is 116 cm³/mol. The molecule has 0 aromatic rings. The Hall–Kier alpha value is -1.32. The maximum Gasteiger partial charge on any atom is 0.220 e. The van der Waals surface area contributed by atoms with Crippen molar-refractivity contribution in [1.82, 2.24) is 10.6 Å². The van der Waals surface area contributed by atoms with Gasteiger partial charge in [0.15, 0.2) is 0 Å². The molecule has 2 aliphatic rings. The average molecular weight is 391 g/mol. The second-order valence-corrected chi connectivity index (χ2v) is 10.7. The molecule has 0 aliphatic heterocycles. The summed E-state index contributed by atoms with van der Waals surface area (Å²) in [4.78, 5) is 24.8. The molecular formula is C24H42N2O2. The molecule has 160 valence electrons. The van der Waals surface area contributed by atoms with Gasteiger partial charge >= 0.3 is 0 Å². The van der Waals surface area contributed by atoms with Crippen LogP contribution < -0.4 is 10.6 Å². The van der Waals surface area contributed by atoms with E-state index in [1.807, 2.05) is 0 Å². The van der Waals surface area contributed by atoms with Gasteiger partial charge in [-0.25, -0.2) is 0 Å². The van der Waals surface area contributed by atoms with Gasteiger partial charge in [-0.2, -0.15) is 0 Å². The predicted octanol–water partition coefficient (Wildman–Crippen LogP) is 4.84. The van der Waals surface area contributed by atoms with Gasteiger partial charge < -0.3 is 10.6 Å². The lowest BCUT2D eigenvalue weighted by Crippen LogP contribution is -2.39. The zero-order valence-electron chi connectivity index (χ0n) is 18.9. The molecule has 28 heavy (non-hydrogen) atoms. The number of hydrogen-bond donors (Lipinski definition) is 2. The molecule has 0 bridgehead atoms. The third kappa shape index (κ3) is 7.25. The molecule has 0 radical (unpaired) electrons. The van der Waals surface area contributed by atoms with Crippen molar-refractivity contribution in [2.45, 2.75) is 92.5 Å². The highest BCUT2D eigenvalue weighted by atomic mass is 16.2. The van der Waals surface area contributed by atoms with Crippen molar-refractivity contribution >= 4 is 11.8 Å². The van der Waals surface area contributed by atoms with Crippen LogP contribution in [0.15, 0.2) is 11.6 Å². The van der Waals surface area contributed by atoms with Gasteiger partial charge in [-0.3, -0.25) is 9.59 Å². The lowest BCUT2D eigenvalue weighted by Gasteiger charge is -2.37. The molecule has 1 fully saturated rings. The first-order valence-corrected chi connectivity index (χ1v) is 11.3. The van der Waals surface area contributed by atoms with Crippen LogP contribution in [0.25, 0.3) is 0 Å². The zero-order chi connectivity index (χ0) is 20.9. The van der Waals surface area contributed by atoms with Crippen molar-refractivity contribution in [2.24, 2.45) is 29.1 Å². The molecule has 0 aromatic carbocycles. The van der Waals surface area contributed by atoms with Crippen molar-refractivity contribution < 1.29 is 9.59 Å². The van der Waals surface area contributed by atoms with Crippen LogP contribution in [-0.2, 0) is 9.59 Å². The van der Waals surface area contributed by atoms with E-state index in [1.165, 1.54) is 18.4 Å². The molecule has 0 aromatic heterocycles. The number of allylic oxidation sites excluding steroid dienone is 1. The Morgan fingerprint density at radius 2 is 1.79 bits per heavy atom. The minimum Gasteiger partial charge on any atom is -0.355 e. The number of nitrogens with one attached hydrogen (secondary N) is 2. The van der Waals surface area contributed by atoms with Crippen LogP contribution in [-0.4, -0.2) is 24.4 Å². The third-order valence-corrected chi connectivity index (χ3v) is 6.46. The van der Waals surface area contributed by atoms with Crippen LogP contribution in [0, 0.1) is 29.1 Å². The smallest absolute Gasteiger partial charge is 0.220 e. The van der Waals surface area contributed by atoms with Crippen molar-refractivity contribution in [1.29, 1.82) is 0 Å². The van der Waals surface area contributed by atoms with Gasteiger partial charge in [0.05, 0.1) is 0 Å². The lowest BCUT2D eigenvalue weighted by molar-refractivity contribution is -0.123. The van der Waals surface area contributed by atoms with E-state index in [9.17, 15) is 9.59 Å². The SMILES string of the molecule is CC1=C[C@@H](CNC(=O)CC(C)(C)C)[C@H](C(C)C)C[C@H]1CC(=O)NC1CCCC1. The zero-order valence-corrected chi connectivity index (χ0v) is 18.9. The van der Waals surface area contributed by atoms with Crippen LogP contribution in [0.3, 0.4) is 0 Å². The Kier molecular flexibility index (Phi) is 8.15. The molecule has 2 N–H and O–H groups in total. The van der Waals surface area contributed by atoms with E-state index in [2.05, 4.69) is 58.3 Å². The standard InChI is InChI=1S/C24H42N2O2/c1-16(2)21-12-18(13-22(27)26-20-9-7-8-10-20)17(3)11-19(21)15-25-23(28)14-24(4,5)6/h11,16,18-21H,7-10,12-15H2,1-6H3,(H,25,28)(H,26,27)/t18-,19-,21-/m0/s1. The Labute approximate surface area is 172 Å². The number of amides is 2. The summed E-state index contributed by atoms with van der Waals surface area (Å²) in [7, 11) is 0. The normalized spacial score (nSPS) is 26.2. The molecule has 2 amide bonds. The van der Waals surface area contributed by atoms with Gasteiger partial charge in [0, 0.05) is 25.4 Å². The van der Waals surface area contributed by atoms with Gasteiger partial charge in [-0.15, -0.1) is 0 Å². The van der Waals surface area contributed by atoms with Crippen LogP contribution in [0.4, 0.5) is 0 Å². The fraction of sp³-hybridized carbons (Fsp3) is 0.833. The van der Waals surface area contributed by atoms with Crippen LogP contribution in [0.5, 0.6) is 0 Å². The molecular weight excluding hydrogens is 348 g/mol. The summed E-state index contributed by atoms with van der Waals surface area (Å²) >= 11 is 0. The second-order valence-electron chi connectivity index (χ2n) is 10.7. The first-order valence-electron chi connectivity index (χ1n) is 11.3. The fourth-order valence-electron chi connectivity index (χ4n) is 4.86. The van der Waals surface area contributed by atoms with Gasteiger partial charge in [0.25, 0.3) is 0 Å². The summed E-state index contributed by atoms with van der Waals surface area (Å²) in [5.74, 6) is 2.08. The molecule has 4 nitrogen and oxygen atoms in total. The van der Waals surface area contributed by atoms with E-state index in [0.717, 1.165) is 19.3 Å². The van der Waals surface area contributed by atoms with Gasteiger partial charge in [0.2, 0.25) is 11.8 Å². The Bertz CT molecular complexity index is 568. The first kappa shape index (κ1) is 23.0. The highest BCUT2D eigenvalue weighted by Crippen LogP contribution is 2.38. The minimum atomic E-state index is 0.0115. The topological polar surface area (TPSA) is 58.2 Å². The second kappa shape index (κ2) is 9.93. The first-order chi connectivity index (χ1) is 13.0. The largest absolute Gasteiger partial charge is 0.355 e. The average Bonchev–Trinajstić information content (AvgIpc) is 3.05. The minimum absolute atomic E-state index is 0.0115. The number of carbonyl (C=O) groups is 2. The molecule has 0 saturated heterocycles. The van der Waals surface area contributed by atoms with E-state index in [4.69, 9.17) is 0 Å². The van der Waals surface area contributed by atoms with E-state index in [0.29, 0.717) is 49.1 Å². The molecule has 3 atom stereocenters. The van der Waals surface area contributed by atoms with Gasteiger partial charge in [0.1, 0.15) is 0 Å². The summed E-state index contributed by atoms with van der Waals surface area (Å²) in [6.07, 6.45) is 9.28. The molecule has 0 unspecified atom stereocenters. The van der Waals surface area contributed by atoms with E-state index >= 15 is 0 Å². The van der Waals surface area contributed by atoms with Crippen LogP contribution >= 0.6 is 0 Å². The van der Waals surface area contributed by atoms with Gasteiger partial charge in [-0.1, -0.05) is 59.1 Å². The summed E-state index contributed by atoms with van der Waals surface area (Å²) in [6.45, 7) is 13.7. The molecule has 4 heteroatoms. The molecule has 1 saturated carbocycles. The van der Waals surface area contributed by atoms with E-state index in [1.54, 1.807) is 0 Å². The molecule has 2 rings (SSSR count). The van der Waals surface area contributed by atoms with Crippen molar-refractivity contribution in [3.05, 3.63) is 11.6 Å². The van der Waals surface area contributed by atoms with Crippen molar-refractivity contribution in [2.75, 3.05) is 6.54 Å². The molecule has 0 heterocycles. The lowest BCUT2D eigenvalue weighted by atomic mass is 9.69. The quantitative estimate of drug-likeness (QED) is 0.611. The summed E-state index contributed by atoms with van der Waals surface area (Å²) in [5.41, 5.74) is 1.33. The Morgan fingerprint density at radius 3 is 2.36 bits per heavy atom. The maximum atomic E-state index is 12.5. The van der Waals surface area contributed by atoms with Crippen molar-refractivity contribution in [3.8, 4) is 0 Å². The molecule has 2 aliphatic carbocycles. The van der Waals surface area contributed by atoms with Crippen LogP contribution in [0.2, 0.25) is 0 Å².